The van der Waals surface area contributed by atoms with Crippen molar-refractivity contribution in [1.82, 2.24) is 0 Å². The Morgan fingerprint density at radius 3 is 2.17 bits per heavy atom. The van der Waals surface area contributed by atoms with E-state index in [0.29, 0.717) is 11.1 Å². The van der Waals surface area contributed by atoms with Gasteiger partial charge in [0.15, 0.2) is 8.32 Å². The molecule has 1 unspecified atom stereocenters. The fourth-order valence-electron chi connectivity index (χ4n) is 1.78. The van der Waals surface area contributed by atoms with Crippen molar-refractivity contribution < 1.29 is 4.43 Å². The number of unbranched alkanes of at least 4 members (excludes halogenated alkanes) is 2. The lowest BCUT2D eigenvalue weighted by Gasteiger charge is -2.39. The molecule has 0 saturated heterocycles. The summed E-state index contributed by atoms with van der Waals surface area (Å²) in [4.78, 5) is 0. The van der Waals surface area contributed by atoms with Gasteiger partial charge in [-0.15, -0.1) is 6.58 Å². The van der Waals surface area contributed by atoms with Crippen LogP contribution in [-0.4, -0.2) is 14.4 Å². The second-order valence-electron chi connectivity index (χ2n) is 6.86. The van der Waals surface area contributed by atoms with Crippen LogP contribution in [0.5, 0.6) is 0 Å². The largest absolute Gasteiger partial charge is 0.414 e. The van der Waals surface area contributed by atoms with Gasteiger partial charge < -0.3 is 4.43 Å². The second-order valence-corrected chi connectivity index (χ2v) is 11.6. The third-order valence-corrected chi connectivity index (χ3v) is 8.62. The zero-order valence-corrected chi connectivity index (χ0v) is 14.5. The molecule has 108 valence electrons. The molecule has 0 radical (unpaired) electrons. The molecule has 0 amide bonds. The SMILES string of the molecule is C=CCCCC(CCCC)O[Si](C)(C)C(C)(C)C. The number of rotatable bonds is 9. The van der Waals surface area contributed by atoms with Gasteiger partial charge in [-0.2, -0.15) is 0 Å². The van der Waals surface area contributed by atoms with Crippen molar-refractivity contribution in [3.63, 3.8) is 0 Å². The van der Waals surface area contributed by atoms with E-state index < -0.39 is 8.32 Å². The fourth-order valence-corrected chi connectivity index (χ4v) is 3.20. The van der Waals surface area contributed by atoms with E-state index in [1.165, 1.54) is 32.1 Å². The third kappa shape index (κ3) is 6.74. The number of hydrogen-bond acceptors (Lipinski definition) is 1. The smallest absolute Gasteiger partial charge is 0.192 e. The maximum atomic E-state index is 6.56. The lowest BCUT2D eigenvalue weighted by molar-refractivity contribution is 0.156. The normalized spacial score (nSPS) is 14.6. The Morgan fingerprint density at radius 1 is 1.17 bits per heavy atom. The van der Waals surface area contributed by atoms with Gasteiger partial charge in [-0.1, -0.05) is 46.6 Å². The molecule has 0 heterocycles. The Bertz CT molecular complexity index is 228. The summed E-state index contributed by atoms with van der Waals surface area (Å²) < 4.78 is 6.56. The maximum Gasteiger partial charge on any atom is 0.192 e. The highest BCUT2D eigenvalue weighted by Crippen LogP contribution is 2.38. The molecule has 0 aliphatic heterocycles. The molecule has 18 heavy (non-hydrogen) atoms. The van der Waals surface area contributed by atoms with Gasteiger partial charge in [-0.3, -0.25) is 0 Å². The summed E-state index contributed by atoms with van der Waals surface area (Å²) in [5, 5.41) is 0.315. The van der Waals surface area contributed by atoms with Crippen LogP contribution in [0, 0.1) is 0 Å². The molecule has 2 heteroatoms. The standard InChI is InChI=1S/C16H34OSi/c1-8-10-12-14-15(13-11-9-2)17-18(6,7)16(3,4)5/h8,15H,1,9-14H2,2-7H3. The van der Waals surface area contributed by atoms with E-state index in [0.717, 1.165) is 6.42 Å². The Morgan fingerprint density at radius 2 is 1.72 bits per heavy atom. The predicted octanol–water partition coefficient (Wildman–Crippen LogP) is 5.92. The van der Waals surface area contributed by atoms with Crippen molar-refractivity contribution >= 4 is 8.32 Å². The second kappa shape index (κ2) is 8.16. The van der Waals surface area contributed by atoms with Crippen molar-refractivity contribution in [2.75, 3.05) is 0 Å². The predicted molar refractivity (Wildman–Crippen MR) is 85.6 cm³/mol. The molecule has 0 aliphatic rings. The molecular weight excluding hydrogens is 236 g/mol. The molecule has 0 saturated carbocycles. The highest BCUT2D eigenvalue weighted by atomic mass is 28.4. The topological polar surface area (TPSA) is 9.23 Å². The third-order valence-electron chi connectivity index (χ3n) is 4.08. The summed E-state index contributed by atoms with van der Waals surface area (Å²) in [5.41, 5.74) is 0. The minimum absolute atomic E-state index is 0.315. The maximum absolute atomic E-state index is 6.56. The first-order valence-corrected chi connectivity index (χ1v) is 10.4. The first kappa shape index (κ1) is 17.9. The summed E-state index contributed by atoms with van der Waals surface area (Å²) in [6.07, 6.45) is 9.77. The zero-order chi connectivity index (χ0) is 14.2. The molecule has 1 nitrogen and oxygen atoms in total. The van der Waals surface area contributed by atoms with Crippen LogP contribution in [0.2, 0.25) is 18.1 Å². The van der Waals surface area contributed by atoms with E-state index in [9.17, 15) is 0 Å². The summed E-state index contributed by atoms with van der Waals surface area (Å²) in [6, 6.07) is 0. The lowest BCUT2D eigenvalue weighted by atomic mass is 10.1. The summed E-state index contributed by atoms with van der Waals surface area (Å²) in [5.74, 6) is 0. The van der Waals surface area contributed by atoms with Crippen LogP contribution < -0.4 is 0 Å². The van der Waals surface area contributed by atoms with Crippen molar-refractivity contribution in [3.05, 3.63) is 12.7 Å². The molecule has 0 aliphatic carbocycles. The van der Waals surface area contributed by atoms with Gasteiger partial charge in [0.25, 0.3) is 0 Å². The quantitative estimate of drug-likeness (QED) is 0.287. The minimum Gasteiger partial charge on any atom is -0.414 e. The highest BCUT2D eigenvalue weighted by Gasteiger charge is 2.38. The summed E-state index contributed by atoms with van der Waals surface area (Å²) in [7, 11) is -1.60. The first-order chi connectivity index (χ1) is 8.24. The fraction of sp³-hybridized carbons (Fsp3) is 0.875. The van der Waals surface area contributed by atoms with Gasteiger partial charge in [0.2, 0.25) is 0 Å². The molecule has 1 atom stereocenters. The van der Waals surface area contributed by atoms with Gasteiger partial charge in [0.1, 0.15) is 0 Å². The number of allylic oxidation sites excluding steroid dienone is 1. The van der Waals surface area contributed by atoms with Crippen LogP contribution in [-0.2, 0) is 4.43 Å². The van der Waals surface area contributed by atoms with E-state index in [4.69, 9.17) is 4.43 Å². The van der Waals surface area contributed by atoms with Crippen molar-refractivity contribution in [3.8, 4) is 0 Å². The van der Waals surface area contributed by atoms with Crippen LogP contribution in [0.1, 0.15) is 66.2 Å². The van der Waals surface area contributed by atoms with Crippen LogP contribution in [0.15, 0.2) is 12.7 Å². The van der Waals surface area contributed by atoms with Crippen molar-refractivity contribution in [2.45, 2.75) is 90.5 Å². The van der Waals surface area contributed by atoms with Crippen LogP contribution in [0.3, 0.4) is 0 Å². The molecule has 0 aromatic heterocycles. The van der Waals surface area contributed by atoms with E-state index >= 15 is 0 Å². The summed E-state index contributed by atoms with van der Waals surface area (Å²) >= 11 is 0. The van der Waals surface area contributed by atoms with Crippen LogP contribution >= 0.6 is 0 Å². The van der Waals surface area contributed by atoms with E-state index in [2.05, 4.69) is 47.4 Å². The minimum atomic E-state index is -1.60. The molecule has 0 fully saturated rings. The molecule has 0 spiro atoms. The molecule has 0 N–H and O–H groups in total. The molecular formula is C16H34OSi. The molecule has 0 aromatic carbocycles. The van der Waals surface area contributed by atoms with E-state index in [1.54, 1.807) is 0 Å². The van der Waals surface area contributed by atoms with Gasteiger partial charge in [0, 0.05) is 6.10 Å². The molecule has 0 rings (SSSR count). The van der Waals surface area contributed by atoms with Gasteiger partial charge >= 0.3 is 0 Å². The Balaban J connectivity index is 4.41. The first-order valence-electron chi connectivity index (χ1n) is 7.53. The van der Waals surface area contributed by atoms with Crippen LogP contribution in [0.4, 0.5) is 0 Å². The number of hydrogen-bond donors (Lipinski definition) is 0. The molecule has 0 aromatic rings. The summed E-state index contributed by atoms with van der Waals surface area (Å²) in [6.45, 7) is 17.7. The van der Waals surface area contributed by atoms with E-state index in [-0.39, 0.29) is 0 Å². The van der Waals surface area contributed by atoms with Crippen molar-refractivity contribution in [1.29, 1.82) is 0 Å². The van der Waals surface area contributed by atoms with Gasteiger partial charge in [0.05, 0.1) is 0 Å². The van der Waals surface area contributed by atoms with Gasteiger partial charge in [-0.25, -0.2) is 0 Å². The van der Waals surface area contributed by atoms with Crippen LogP contribution in [0.25, 0.3) is 0 Å². The monoisotopic (exact) mass is 270 g/mol. The average Bonchev–Trinajstić information content (AvgIpc) is 2.24. The van der Waals surface area contributed by atoms with E-state index in [1.807, 2.05) is 6.08 Å². The van der Waals surface area contributed by atoms with Gasteiger partial charge in [-0.05, 0) is 43.8 Å². The Kier molecular flexibility index (Phi) is 8.12. The average molecular weight is 271 g/mol. The Labute approximate surface area is 116 Å². The molecule has 0 bridgehead atoms. The lowest BCUT2D eigenvalue weighted by Crippen LogP contribution is -2.44. The Hall–Kier alpha value is -0.0831. The van der Waals surface area contributed by atoms with Crippen molar-refractivity contribution in [2.24, 2.45) is 0 Å². The highest BCUT2D eigenvalue weighted by molar-refractivity contribution is 6.74. The zero-order valence-electron chi connectivity index (χ0n) is 13.5.